The van der Waals surface area contributed by atoms with Crippen LogP contribution in [0.3, 0.4) is 0 Å². The van der Waals surface area contributed by atoms with Gasteiger partial charge in [-0.05, 0) is 32.1 Å². The van der Waals surface area contributed by atoms with Crippen molar-refractivity contribution in [3.63, 3.8) is 0 Å². The van der Waals surface area contributed by atoms with Crippen LogP contribution < -0.4 is 0 Å². The molecule has 0 aliphatic rings. The molecule has 0 spiro atoms. The summed E-state index contributed by atoms with van der Waals surface area (Å²) in [5.74, 6) is -1.07. The Bertz CT molecular complexity index is 306. The topological polar surface area (TPSA) is 56.3 Å². The van der Waals surface area contributed by atoms with Gasteiger partial charge in [0, 0.05) is 18.4 Å². The van der Waals surface area contributed by atoms with Crippen molar-refractivity contribution in [2.24, 2.45) is 5.92 Å². The number of aromatic amines is 1. The molecule has 84 valence electrons. The van der Waals surface area contributed by atoms with E-state index in [4.69, 9.17) is 5.11 Å². The van der Waals surface area contributed by atoms with Gasteiger partial charge in [-0.15, -0.1) is 0 Å². The van der Waals surface area contributed by atoms with Crippen molar-refractivity contribution in [3.05, 3.63) is 24.0 Å². The van der Waals surface area contributed by atoms with Gasteiger partial charge in [-0.1, -0.05) is 6.92 Å². The standard InChI is InChI=1S/C11H18N2O2/c1-8(11(14)15)6-10(13(2)3)9-4-5-12-7-9/h4-5,7-8,10,12H,6H2,1-3H3,(H,14,15). The number of carboxylic acid groups (broad SMARTS) is 1. The number of hydrogen-bond acceptors (Lipinski definition) is 2. The zero-order chi connectivity index (χ0) is 11.4. The van der Waals surface area contributed by atoms with Crippen LogP contribution in [0.1, 0.15) is 24.9 Å². The predicted octanol–water partition coefficient (Wildman–Crippen LogP) is 1.73. The summed E-state index contributed by atoms with van der Waals surface area (Å²) >= 11 is 0. The Hall–Kier alpha value is -1.29. The molecule has 2 N–H and O–H groups in total. The number of nitrogens with zero attached hydrogens (tertiary/aromatic N) is 1. The number of H-pyrrole nitrogens is 1. The SMILES string of the molecule is CC(CC(c1cc[nH]c1)N(C)C)C(=O)O. The normalized spacial score (nSPS) is 15.2. The summed E-state index contributed by atoms with van der Waals surface area (Å²) in [5.41, 5.74) is 1.13. The monoisotopic (exact) mass is 210 g/mol. The minimum absolute atomic E-state index is 0.155. The van der Waals surface area contributed by atoms with E-state index in [1.165, 1.54) is 0 Å². The highest BCUT2D eigenvalue weighted by Gasteiger charge is 2.21. The van der Waals surface area contributed by atoms with Gasteiger partial charge in [0.05, 0.1) is 5.92 Å². The number of hydrogen-bond donors (Lipinski definition) is 2. The Kier molecular flexibility index (Phi) is 3.91. The molecule has 1 aromatic rings. The Morgan fingerprint density at radius 1 is 1.60 bits per heavy atom. The van der Waals surface area contributed by atoms with Gasteiger partial charge >= 0.3 is 5.97 Å². The molecule has 0 aliphatic heterocycles. The van der Waals surface area contributed by atoms with Crippen LogP contribution in [-0.2, 0) is 4.79 Å². The van der Waals surface area contributed by atoms with Crippen LogP contribution in [0, 0.1) is 5.92 Å². The third-order valence-electron chi connectivity index (χ3n) is 2.63. The number of aliphatic carboxylic acids is 1. The molecular formula is C11H18N2O2. The van der Waals surface area contributed by atoms with Crippen LogP contribution >= 0.6 is 0 Å². The Balaban J connectivity index is 2.72. The fourth-order valence-corrected chi connectivity index (χ4v) is 1.62. The summed E-state index contributed by atoms with van der Waals surface area (Å²) < 4.78 is 0. The van der Waals surface area contributed by atoms with Crippen LogP contribution in [0.15, 0.2) is 18.5 Å². The zero-order valence-corrected chi connectivity index (χ0v) is 9.40. The minimum Gasteiger partial charge on any atom is -0.481 e. The molecule has 4 nitrogen and oxygen atoms in total. The highest BCUT2D eigenvalue weighted by Crippen LogP contribution is 2.25. The first-order valence-corrected chi connectivity index (χ1v) is 5.04. The van der Waals surface area contributed by atoms with Gasteiger partial charge in [0.2, 0.25) is 0 Å². The van der Waals surface area contributed by atoms with Crippen LogP contribution in [0.2, 0.25) is 0 Å². The van der Waals surface area contributed by atoms with Crippen molar-refractivity contribution in [2.45, 2.75) is 19.4 Å². The smallest absolute Gasteiger partial charge is 0.306 e. The summed E-state index contributed by atoms with van der Waals surface area (Å²) in [6.45, 7) is 1.74. The molecule has 0 amide bonds. The summed E-state index contributed by atoms with van der Waals surface area (Å²) in [6.07, 6.45) is 4.40. The molecule has 0 radical (unpaired) electrons. The first-order valence-electron chi connectivity index (χ1n) is 5.04. The lowest BCUT2D eigenvalue weighted by atomic mass is 9.97. The maximum absolute atomic E-state index is 10.8. The van der Waals surface area contributed by atoms with Gasteiger partial charge in [-0.25, -0.2) is 0 Å². The van der Waals surface area contributed by atoms with Crippen molar-refractivity contribution in [1.82, 2.24) is 9.88 Å². The molecule has 15 heavy (non-hydrogen) atoms. The van der Waals surface area contributed by atoms with Crippen LogP contribution in [-0.4, -0.2) is 35.1 Å². The molecule has 1 heterocycles. The maximum atomic E-state index is 10.8. The van der Waals surface area contributed by atoms with Gasteiger partial charge in [0.25, 0.3) is 0 Å². The van der Waals surface area contributed by atoms with E-state index in [1.807, 2.05) is 37.5 Å². The summed E-state index contributed by atoms with van der Waals surface area (Å²) in [5, 5.41) is 8.88. The van der Waals surface area contributed by atoms with Gasteiger partial charge in [-0.3, -0.25) is 4.79 Å². The average Bonchev–Trinajstić information content (AvgIpc) is 2.65. The van der Waals surface area contributed by atoms with Gasteiger partial charge < -0.3 is 15.0 Å². The van der Waals surface area contributed by atoms with E-state index in [1.54, 1.807) is 6.92 Å². The summed E-state index contributed by atoms with van der Waals surface area (Å²) in [7, 11) is 3.93. The number of aromatic nitrogens is 1. The molecule has 0 aromatic carbocycles. The molecule has 1 aromatic heterocycles. The first kappa shape index (κ1) is 11.8. The molecule has 1 rings (SSSR count). The van der Waals surface area contributed by atoms with E-state index in [9.17, 15) is 4.79 Å². The number of rotatable bonds is 5. The number of nitrogens with one attached hydrogen (secondary N) is 1. The predicted molar refractivity (Wildman–Crippen MR) is 58.6 cm³/mol. The van der Waals surface area contributed by atoms with E-state index in [-0.39, 0.29) is 12.0 Å². The second-order valence-electron chi connectivity index (χ2n) is 4.10. The molecule has 0 fully saturated rings. The van der Waals surface area contributed by atoms with E-state index >= 15 is 0 Å². The van der Waals surface area contributed by atoms with Gasteiger partial charge in [0.1, 0.15) is 0 Å². The van der Waals surface area contributed by atoms with E-state index < -0.39 is 5.97 Å². The summed E-state index contributed by atoms with van der Waals surface area (Å²) in [6, 6.07) is 2.14. The number of carboxylic acids is 1. The lowest BCUT2D eigenvalue weighted by Gasteiger charge is -2.25. The van der Waals surface area contributed by atoms with E-state index in [0.29, 0.717) is 6.42 Å². The molecule has 2 atom stereocenters. The third kappa shape index (κ3) is 3.09. The molecule has 4 heteroatoms. The quantitative estimate of drug-likeness (QED) is 0.778. The fourth-order valence-electron chi connectivity index (χ4n) is 1.62. The van der Waals surface area contributed by atoms with Crippen LogP contribution in [0.5, 0.6) is 0 Å². The van der Waals surface area contributed by atoms with E-state index in [2.05, 4.69) is 4.98 Å². The average molecular weight is 210 g/mol. The molecule has 0 saturated heterocycles. The largest absolute Gasteiger partial charge is 0.481 e. The minimum atomic E-state index is -0.739. The van der Waals surface area contributed by atoms with E-state index in [0.717, 1.165) is 5.56 Å². The lowest BCUT2D eigenvalue weighted by molar-refractivity contribution is -0.141. The van der Waals surface area contributed by atoms with Crippen molar-refractivity contribution >= 4 is 5.97 Å². The molecule has 0 saturated carbocycles. The van der Waals surface area contributed by atoms with Gasteiger partial charge in [-0.2, -0.15) is 0 Å². The fraction of sp³-hybridized carbons (Fsp3) is 0.545. The third-order valence-corrected chi connectivity index (χ3v) is 2.63. The molecule has 0 aliphatic carbocycles. The maximum Gasteiger partial charge on any atom is 0.306 e. The van der Waals surface area contributed by atoms with Crippen LogP contribution in [0.4, 0.5) is 0 Å². The second-order valence-corrected chi connectivity index (χ2v) is 4.10. The molecule has 2 unspecified atom stereocenters. The van der Waals surface area contributed by atoms with Crippen molar-refractivity contribution in [1.29, 1.82) is 0 Å². The lowest BCUT2D eigenvalue weighted by Crippen LogP contribution is -2.24. The Labute approximate surface area is 89.9 Å². The van der Waals surface area contributed by atoms with Gasteiger partial charge in [0.15, 0.2) is 0 Å². The van der Waals surface area contributed by atoms with Crippen molar-refractivity contribution in [2.75, 3.05) is 14.1 Å². The first-order chi connectivity index (χ1) is 7.02. The highest BCUT2D eigenvalue weighted by molar-refractivity contribution is 5.69. The molecule has 0 bridgehead atoms. The zero-order valence-electron chi connectivity index (χ0n) is 9.40. The highest BCUT2D eigenvalue weighted by atomic mass is 16.4. The summed E-state index contributed by atoms with van der Waals surface area (Å²) in [4.78, 5) is 15.8. The van der Waals surface area contributed by atoms with Crippen LogP contribution in [0.25, 0.3) is 0 Å². The Morgan fingerprint density at radius 2 is 2.27 bits per heavy atom. The molecular weight excluding hydrogens is 192 g/mol. The number of carbonyl (C=O) groups is 1. The van der Waals surface area contributed by atoms with Crippen molar-refractivity contribution < 1.29 is 9.90 Å². The second kappa shape index (κ2) is 4.98. The van der Waals surface area contributed by atoms with Crippen molar-refractivity contribution in [3.8, 4) is 0 Å². The Morgan fingerprint density at radius 3 is 2.67 bits per heavy atom.